The highest BCUT2D eigenvalue weighted by Crippen LogP contribution is 2.27. The van der Waals surface area contributed by atoms with Crippen LogP contribution in [0.2, 0.25) is 0 Å². The average Bonchev–Trinajstić information content (AvgIpc) is 2.43. The maximum absolute atomic E-state index is 5.96. The lowest BCUT2D eigenvalue weighted by atomic mass is 10.2. The summed E-state index contributed by atoms with van der Waals surface area (Å²) in [4.78, 5) is 4.38. The number of nitrogens with two attached hydrogens (primary N) is 1. The van der Waals surface area contributed by atoms with E-state index in [-0.39, 0.29) is 6.01 Å². The lowest BCUT2D eigenvalue weighted by Gasteiger charge is -2.09. The van der Waals surface area contributed by atoms with E-state index < -0.39 is 0 Å². The van der Waals surface area contributed by atoms with Gasteiger partial charge in [-0.15, -0.1) is 5.10 Å². The zero-order chi connectivity index (χ0) is 13.8. The fourth-order valence-electron chi connectivity index (χ4n) is 1.81. The second kappa shape index (κ2) is 5.65. The second-order valence-corrected chi connectivity index (χ2v) is 4.28. The van der Waals surface area contributed by atoms with E-state index in [2.05, 4.69) is 15.2 Å². The molecule has 0 aliphatic heterocycles. The van der Waals surface area contributed by atoms with Crippen LogP contribution in [-0.2, 0) is 12.8 Å². The predicted molar refractivity (Wildman–Crippen MR) is 74.2 cm³/mol. The van der Waals surface area contributed by atoms with Crippen LogP contribution in [0.4, 0.5) is 5.69 Å². The van der Waals surface area contributed by atoms with E-state index in [9.17, 15) is 0 Å². The number of aryl methyl sites for hydroxylation is 3. The van der Waals surface area contributed by atoms with E-state index in [1.807, 2.05) is 32.9 Å². The molecule has 1 heterocycles. The van der Waals surface area contributed by atoms with E-state index in [1.54, 1.807) is 6.07 Å². The molecule has 0 radical (unpaired) electrons. The first-order chi connectivity index (χ1) is 9.15. The minimum absolute atomic E-state index is 0.242. The number of ether oxygens (including phenoxy) is 1. The number of rotatable bonds is 4. The van der Waals surface area contributed by atoms with Crippen LogP contribution in [0.1, 0.15) is 30.8 Å². The Balaban J connectivity index is 2.31. The van der Waals surface area contributed by atoms with Crippen LogP contribution < -0.4 is 10.5 Å². The molecule has 2 rings (SSSR count). The Kier molecular flexibility index (Phi) is 3.94. The topological polar surface area (TPSA) is 73.9 Å². The van der Waals surface area contributed by atoms with E-state index in [0.29, 0.717) is 11.4 Å². The SMILES string of the molecule is CCc1nnc(Oc2cccc(C)c2N)nc1CC. The van der Waals surface area contributed by atoms with E-state index in [0.717, 1.165) is 29.8 Å². The molecule has 0 spiro atoms. The van der Waals surface area contributed by atoms with Gasteiger partial charge >= 0.3 is 6.01 Å². The van der Waals surface area contributed by atoms with Crippen LogP contribution in [0.15, 0.2) is 18.2 Å². The van der Waals surface area contributed by atoms with Crippen molar-refractivity contribution in [1.29, 1.82) is 0 Å². The summed E-state index contributed by atoms with van der Waals surface area (Å²) in [5.74, 6) is 0.563. The number of benzene rings is 1. The second-order valence-electron chi connectivity index (χ2n) is 4.28. The molecule has 19 heavy (non-hydrogen) atoms. The molecule has 0 atom stereocenters. The van der Waals surface area contributed by atoms with Gasteiger partial charge in [-0.25, -0.2) is 0 Å². The van der Waals surface area contributed by atoms with Crippen molar-refractivity contribution in [3.05, 3.63) is 35.2 Å². The lowest BCUT2D eigenvalue weighted by Crippen LogP contribution is -2.05. The molecule has 100 valence electrons. The standard InChI is InChI=1S/C14H18N4O/c1-4-10-11(5-2)17-18-14(16-10)19-12-8-6-7-9(3)13(12)15/h6-8H,4-5,15H2,1-3H3. The molecule has 0 saturated heterocycles. The van der Waals surface area contributed by atoms with Gasteiger partial charge in [-0.1, -0.05) is 31.1 Å². The molecule has 5 nitrogen and oxygen atoms in total. The first-order valence-corrected chi connectivity index (χ1v) is 6.41. The normalized spacial score (nSPS) is 10.5. The van der Waals surface area contributed by atoms with Gasteiger partial charge in [-0.05, 0) is 31.4 Å². The molecule has 2 N–H and O–H groups in total. The Bertz CT molecular complexity index is 584. The van der Waals surface area contributed by atoms with Crippen LogP contribution in [-0.4, -0.2) is 15.2 Å². The minimum atomic E-state index is 0.242. The van der Waals surface area contributed by atoms with Crippen LogP contribution in [0.5, 0.6) is 11.8 Å². The van der Waals surface area contributed by atoms with Gasteiger partial charge in [0.2, 0.25) is 0 Å². The smallest absolute Gasteiger partial charge is 0.341 e. The number of nitrogen functional groups attached to an aromatic ring is 1. The zero-order valence-electron chi connectivity index (χ0n) is 11.5. The summed E-state index contributed by atoms with van der Waals surface area (Å²) < 4.78 is 5.62. The van der Waals surface area contributed by atoms with Crippen molar-refractivity contribution in [2.75, 3.05) is 5.73 Å². The van der Waals surface area contributed by atoms with Crippen molar-refractivity contribution in [2.45, 2.75) is 33.6 Å². The minimum Gasteiger partial charge on any atom is -0.421 e. The van der Waals surface area contributed by atoms with Gasteiger partial charge in [0.05, 0.1) is 17.1 Å². The number of hydrogen-bond donors (Lipinski definition) is 1. The highest BCUT2D eigenvalue weighted by atomic mass is 16.5. The van der Waals surface area contributed by atoms with Crippen molar-refractivity contribution in [1.82, 2.24) is 15.2 Å². The van der Waals surface area contributed by atoms with Gasteiger partial charge in [0.1, 0.15) is 0 Å². The van der Waals surface area contributed by atoms with Gasteiger partial charge in [0.15, 0.2) is 5.75 Å². The Labute approximate surface area is 112 Å². The molecule has 0 aliphatic rings. The number of aromatic nitrogens is 3. The molecule has 0 aliphatic carbocycles. The van der Waals surface area contributed by atoms with Gasteiger partial charge < -0.3 is 10.5 Å². The summed E-state index contributed by atoms with van der Waals surface area (Å²) >= 11 is 0. The van der Waals surface area contributed by atoms with Crippen LogP contribution in [0.25, 0.3) is 0 Å². The van der Waals surface area contributed by atoms with Crippen molar-refractivity contribution in [2.24, 2.45) is 0 Å². The monoisotopic (exact) mass is 258 g/mol. The lowest BCUT2D eigenvalue weighted by molar-refractivity contribution is 0.430. The summed E-state index contributed by atoms with van der Waals surface area (Å²) in [5.41, 5.74) is 9.35. The number of nitrogens with zero attached hydrogens (tertiary/aromatic N) is 3. The van der Waals surface area contributed by atoms with Crippen LogP contribution in [0, 0.1) is 6.92 Å². The zero-order valence-corrected chi connectivity index (χ0v) is 11.5. The van der Waals surface area contributed by atoms with Crippen molar-refractivity contribution >= 4 is 5.69 Å². The molecule has 5 heteroatoms. The summed E-state index contributed by atoms with van der Waals surface area (Å²) in [6, 6.07) is 5.85. The summed E-state index contributed by atoms with van der Waals surface area (Å²) in [7, 11) is 0. The van der Waals surface area contributed by atoms with Gasteiger partial charge in [-0.2, -0.15) is 4.98 Å². The quantitative estimate of drug-likeness (QED) is 0.853. The van der Waals surface area contributed by atoms with Crippen LogP contribution in [0.3, 0.4) is 0 Å². The molecular weight excluding hydrogens is 240 g/mol. The maximum Gasteiger partial charge on any atom is 0.341 e. The van der Waals surface area contributed by atoms with Crippen molar-refractivity contribution in [3.8, 4) is 11.8 Å². The highest BCUT2D eigenvalue weighted by molar-refractivity contribution is 5.58. The fraction of sp³-hybridized carbons (Fsp3) is 0.357. The first kappa shape index (κ1) is 13.3. The largest absolute Gasteiger partial charge is 0.421 e. The molecule has 1 aromatic heterocycles. The molecular formula is C14H18N4O. The third kappa shape index (κ3) is 2.81. The van der Waals surface area contributed by atoms with E-state index in [1.165, 1.54) is 0 Å². The Morgan fingerprint density at radius 3 is 2.53 bits per heavy atom. The maximum atomic E-state index is 5.96. The highest BCUT2D eigenvalue weighted by Gasteiger charge is 2.10. The molecule has 0 saturated carbocycles. The number of anilines is 1. The molecule has 1 aromatic carbocycles. The first-order valence-electron chi connectivity index (χ1n) is 6.41. The molecule has 0 bridgehead atoms. The molecule has 2 aromatic rings. The van der Waals surface area contributed by atoms with Crippen molar-refractivity contribution in [3.63, 3.8) is 0 Å². The number of para-hydroxylation sites is 1. The van der Waals surface area contributed by atoms with Gasteiger partial charge in [0, 0.05) is 0 Å². The fourth-order valence-corrected chi connectivity index (χ4v) is 1.81. The van der Waals surface area contributed by atoms with Gasteiger partial charge in [-0.3, -0.25) is 0 Å². The molecule has 0 amide bonds. The Hall–Kier alpha value is -2.17. The van der Waals surface area contributed by atoms with E-state index in [4.69, 9.17) is 10.5 Å². The van der Waals surface area contributed by atoms with E-state index >= 15 is 0 Å². The Morgan fingerprint density at radius 1 is 1.11 bits per heavy atom. The third-order valence-electron chi connectivity index (χ3n) is 2.98. The van der Waals surface area contributed by atoms with Crippen molar-refractivity contribution < 1.29 is 4.74 Å². The molecule has 0 unspecified atom stereocenters. The predicted octanol–water partition coefficient (Wildman–Crippen LogP) is 2.68. The third-order valence-corrected chi connectivity index (χ3v) is 2.98. The summed E-state index contributed by atoms with van der Waals surface area (Å²) in [6.45, 7) is 6.00. The average molecular weight is 258 g/mol. The number of hydrogen-bond acceptors (Lipinski definition) is 5. The van der Waals surface area contributed by atoms with Crippen LogP contribution >= 0.6 is 0 Å². The summed E-state index contributed by atoms with van der Waals surface area (Å²) in [5, 5.41) is 8.12. The molecule has 0 fully saturated rings. The van der Waals surface area contributed by atoms with Gasteiger partial charge in [0.25, 0.3) is 0 Å². The summed E-state index contributed by atoms with van der Waals surface area (Å²) in [6.07, 6.45) is 1.62. The Morgan fingerprint density at radius 2 is 1.84 bits per heavy atom.